The van der Waals surface area contributed by atoms with E-state index in [9.17, 15) is 9.18 Å². The summed E-state index contributed by atoms with van der Waals surface area (Å²) < 4.78 is 13.1. The van der Waals surface area contributed by atoms with E-state index >= 15 is 0 Å². The van der Waals surface area contributed by atoms with Crippen molar-refractivity contribution in [2.24, 2.45) is 0 Å². The summed E-state index contributed by atoms with van der Waals surface area (Å²) in [6.45, 7) is 4.00. The minimum absolute atomic E-state index is 0.0909. The average Bonchev–Trinajstić information content (AvgIpc) is 2.15. The van der Waals surface area contributed by atoms with Crippen molar-refractivity contribution >= 4 is 5.78 Å². The van der Waals surface area contributed by atoms with Gasteiger partial charge in [-0.05, 0) is 6.07 Å². The first-order chi connectivity index (χ1) is 6.61. The quantitative estimate of drug-likeness (QED) is 0.740. The van der Waals surface area contributed by atoms with Gasteiger partial charge in [0.2, 0.25) is 0 Å². The Balaban J connectivity index is 2.65. The van der Waals surface area contributed by atoms with Crippen LogP contribution in [-0.2, 0) is 0 Å². The van der Waals surface area contributed by atoms with Crippen molar-refractivity contribution in [3.63, 3.8) is 0 Å². The van der Waals surface area contributed by atoms with E-state index in [4.69, 9.17) is 0 Å². The number of rotatable bonds is 4. The lowest BCUT2D eigenvalue weighted by Crippen LogP contribution is -2.29. The molecule has 14 heavy (non-hydrogen) atoms. The molecule has 76 valence electrons. The van der Waals surface area contributed by atoms with E-state index in [1.54, 1.807) is 0 Å². The molecule has 0 bridgehead atoms. The third-order valence-electron chi connectivity index (χ3n) is 1.74. The molecular weight excluding hydrogens is 183 g/mol. The van der Waals surface area contributed by atoms with Crippen LogP contribution in [0.15, 0.2) is 18.5 Å². The lowest BCUT2D eigenvalue weighted by molar-refractivity contribution is 0.0984. The van der Waals surface area contributed by atoms with Crippen molar-refractivity contribution in [2.75, 3.05) is 6.54 Å². The minimum Gasteiger partial charge on any atom is -0.307 e. The number of nitrogens with one attached hydrogen (secondary N) is 1. The van der Waals surface area contributed by atoms with Crippen LogP contribution in [0.2, 0.25) is 0 Å². The summed E-state index contributed by atoms with van der Waals surface area (Å²) in [7, 11) is 0. The molecule has 3 nitrogen and oxygen atoms in total. The molecule has 0 atom stereocenters. The zero-order valence-corrected chi connectivity index (χ0v) is 8.25. The van der Waals surface area contributed by atoms with Crippen molar-refractivity contribution in [1.29, 1.82) is 0 Å². The van der Waals surface area contributed by atoms with Crippen LogP contribution < -0.4 is 5.32 Å². The van der Waals surface area contributed by atoms with E-state index in [1.165, 1.54) is 12.3 Å². The largest absolute Gasteiger partial charge is 0.307 e. The first-order valence-electron chi connectivity index (χ1n) is 4.47. The highest BCUT2D eigenvalue weighted by atomic mass is 19.1. The Morgan fingerprint density at radius 2 is 2.36 bits per heavy atom. The van der Waals surface area contributed by atoms with Gasteiger partial charge in [-0.1, -0.05) is 13.8 Å². The maximum absolute atomic E-state index is 13.1. The molecule has 0 aromatic carbocycles. The lowest BCUT2D eigenvalue weighted by atomic mass is 10.1. The first-order valence-corrected chi connectivity index (χ1v) is 4.47. The fourth-order valence-electron chi connectivity index (χ4n) is 0.993. The maximum Gasteiger partial charge on any atom is 0.179 e. The van der Waals surface area contributed by atoms with Crippen molar-refractivity contribution in [2.45, 2.75) is 19.9 Å². The van der Waals surface area contributed by atoms with E-state index in [2.05, 4.69) is 10.3 Å². The smallest absolute Gasteiger partial charge is 0.179 e. The Kier molecular flexibility index (Phi) is 3.71. The summed E-state index contributed by atoms with van der Waals surface area (Å²) in [6, 6.07) is 1.60. The third kappa shape index (κ3) is 2.88. The van der Waals surface area contributed by atoms with Crippen LogP contribution >= 0.6 is 0 Å². The molecule has 0 unspecified atom stereocenters. The number of hydrogen-bond acceptors (Lipinski definition) is 3. The van der Waals surface area contributed by atoms with Gasteiger partial charge >= 0.3 is 0 Å². The number of pyridine rings is 1. The predicted molar refractivity (Wildman–Crippen MR) is 51.7 cm³/mol. The van der Waals surface area contributed by atoms with Crippen LogP contribution in [0.25, 0.3) is 0 Å². The molecule has 0 aliphatic heterocycles. The number of ketones is 1. The SMILES string of the molecule is CC(C)NCC(=O)c1ccncc1F. The van der Waals surface area contributed by atoms with Crippen LogP contribution in [0.1, 0.15) is 24.2 Å². The summed E-state index contributed by atoms with van der Waals surface area (Å²) >= 11 is 0. The second-order valence-electron chi connectivity index (χ2n) is 3.31. The fraction of sp³-hybridized carbons (Fsp3) is 0.400. The van der Waals surface area contributed by atoms with Gasteiger partial charge in [-0.2, -0.15) is 0 Å². The fourth-order valence-corrected chi connectivity index (χ4v) is 0.993. The van der Waals surface area contributed by atoms with Gasteiger partial charge in [0.25, 0.3) is 0 Å². The third-order valence-corrected chi connectivity index (χ3v) is 1.74. The van der Waals surface area contributed by atoms with E-state index in [0.29, 0.717) is 0 Å². The first kappa shape index (κ1) is 10.8. The number of carbonyl (C=O) groups excluding carboxylic acids is 1. The molecule has 1 N–H and O–H groups in total. The number of halogens is 1. The Morgan fingerprint density at radius 3 is 2.93 bits per heavy atom. The molecule has 1 heterocycles. The Labute approximate surface area is 82.4 Å². The molecule has 0 aliphatic rings. The van der Waals surface area contributed by atoms with Gasteiger partial charge in [-0.3, -0.25) is 9.78 Å². The van der Waals surface area contributed by atoms with E-state index < -0.39 is 5.82 Å². The zero-order chi connectivity index (χ0) is 10.6. The Morgan fingerprint density at radius 1 is 1.64 bits per heavy atom. The number of Topliss-reactive ketones (excluding diaryl/α,β-unsaturated/α-hetero) is 1. The van der Waals surface area contributed by atoms with Gasteiger partial charge in [0, 0.05) is 12.2 Å². The summed E-state index contributed by atoms with van der Waals surface area (Å²) in [6.07, 6.45) is 2.45. The molecule has 0 fully saturated rings. The van der Waals surface area contributed by atoms with Gasteiger partial charge in [0.05, 0.1) is 18.3 Å². The molecule has 0 saturated carbocycles. The van der Waals surface area contributed by atoms with Crippen molar-refractivity contribution < 1.29 is 9.18 Å². The molecule has 0 aliphatic carbocycles. The van der Waals surface area contributed by atoms with Crippen LogP contribution in [0.3, 0.4) is 0 Å². The molecule has 4 heteroatoms. The number of carbonyl (C=O) groups is 1. The van der Waals surface area contributed by atoms with Crippen LogP contribution in [0, 0.1) is 5.82 Å². The number of nitrogens with zero attached hydrogens (tertiary/aromatic N) is 1. The van der Waals surface area contributed by atoms with E-state index in [1.807, 2.05) is 13.8 Å². The van der Waals surface area contributed by atoms with Crippen LogP contribution in [-0.4, -0.2) is 23.4 Å². The molecule has 0 spiro atoms. The second kappa shape index (κ2) is 4.81. The normalized spacial score (nSPS) is 10.6. The molecular formula is C10H13FN2O. The van der Waals surface area contributed by atoms with Gasteiger partial charge in [0.15, 0.2) is 11.6 Å². The zero-order valence-electron chi connectivity index (χ0n) is 8.25. The van der Waals surface area contributed by atoms with Crippen molar-refractivity contribution in [3.05, 3.63) is 29.8 Å². The molecule has 1 aromatic heterocycles. The van der Waals surface area contributed by atoms with Crippen molar-refractivity contribution in [3.8, 4) is 0 Å². The number of aromatic nitrogens is 1. The predicted octanol–water partition coefficient (Wildman–Crippen LogP) is 1.40. The standard InChI is InChI=1S/C10H13FN2O/c1-7(2)13-6-10(14)8-3-4-12-5-9(8)11/h3-5,7,13H,6H2,1-2H3. The Bertz CT molecular complexity index is 326. The van der Waals surface area contributed by atoms with Crippen molar-refractivity contribution in [1.82, 2.24) is 10.3 Å². The van der Waals surface area contributed by atoms with E-state index in [-0.39, 0.29) is 23.9 Å². The Hall–Kier alpha value is -1.29. The highest BCUT2D eigenvalue weighted by Crippen LogP contribution is 2.04. The summed E-state index contributed by atoms with van der Waals surface area (Å²) in [5.41, 5.74) is 0.0909. The van der Waals surface area contributed by atoms with E-state index in [0.717, 1.165) is 6.20 Å². The van der Waals surface area contributed by atoms with Gasteiger partial charge in [-0.25, -0.2) is 4.39 Å². The average molecular weight is 196 g/mol. The highest BCUT2D eigenvalue weighted by molar-refractivity contribution is 5.97. The minimum atomic E-state index is -0.567. The van der Waals surface area contributed by atoms with Crippen LogP contribution in [0.4, 0.5) is 4.39 Å². The molecule has 0 amide bonds. The monoisotopic (exact) mass is 196 g/mol. The molecule has 0 radical (unpaired) electrons. The summed E-state index contributed by atoms with van der Waals surface area (Å²) in [5.74, 6) is -0.818. The van der Waals surface area contributed by atoms with Crippen LogP contribution in [0.5, 0.6) is 0 Å². The topological polar surface area (TPSA) is 42.0 Å². The molecule has 1 aromatic rings. The maximum atomic E-state index is 13.1. The summed E-state index contributed by atoms with van der Waals surface area (Å²) in [4.78, 5) is 15.0. The lowest BCUT2D eigenvalue weighted by Gasteiger charge is -2.07. The molecule has 0 saturated heterocycles. The number of hydrogen-bond donors (Lipinski definition) is 1. The summed E-state index contributed by atoms with van der Waals surface area (Å²) in [5, 5.41) is 2.93. The highest BCUT2D eigenvalue weighted by Gasteiger charge is 2.10. The van der Waals surface area contributed by atoms with Gasteiger partial charge < -0.3 is 5.32 Å². The van der Waals surface area contributed by atoms with Gasteiger partial charge in [-0.15, -0.1) is 0 Å². The molecule has 1 rings (SSSR count). The van der Waals surface area contributed by atoms with Gasteiger partial charge in [0.1, 0.15) is 0 Å². The second-order valence-corrected chi connectivity index (χ2v) is 3.31.